The zero-order chi connectivity index (χ0) is 17.0. The third-order valence-corrected chi connectivity index (χ3v) is 7.12. The third-order valence-electron chi connectivity index (χ3n) is 7.12. The number of nitrogens with zero attached hydrogens (tertiary/aromatic N) is 4. The fourth-order valence-electron chi connectivity index (χ4n) is 5.98. The molecule has 0 bridgehead atoms. The summed E-state index contributed by atoms with van der Waals surface area (Å²) >= 11 is 0. The first-order valence-electron chi connectivity index (χ1n) is 11.4. The normalized spacial score (nSPS) is 29.8. The summed E-state index contributed by atoms with van der Waals surface area (Å²) < 4.78 is 0. The van der Waals surface area contributed by atoms with E-state index in [9.17, 15) is 0 Å². The molecule has 0 N–H and O–H groups in total. The van der Waals surface area contributed by atoms with Crippen LogP contribution in [0.3, 0.4) is 0 Å². The van der Waals surface area contributed by atoms with Crippen LogP contribution in [0.5, 0.6) is 0 Å². The van der Waals surface area contributed by atoms with E-state index < -0.39 is 0 Å². The maximum Gasteiger partial charge on any atom is 0.191 e. The van der Waals surface area contributed by atoms with E-state index in [1.54, 1.807) is 0 Å². The summed E-state index contributed by atoms with van der Waals surface area (Å²) in [5.74, 6) is 0.113. The van der Waals surface area contributed by atoms with Crippen LogP contribution in [-0.4, -0.2) is 77.9 Å². The van der Waals surface area contributed by atoms with Gasteiger partial charge >= 0.3 is 0 Å². The zero-order valence-electron chi connectivity index (χ0n) is 16.4. The third kappa shape index (κ3) is 3.65. The van der Waals surface area contributed by atoms with Gasteiger partial charge in [0.2, 0.25) is 0 Å². The molecular formula is C21H40N4. The number of rotatable bonds is 4. The fourth-order valence-corrected chi connectivity index (χ4v) is 5.98. The van der Waals surface area contributed by atoms with E-state index in [2.05, 4.69) is 19.6 Å². The predicted molar refractivity (Wildman–Crippen MR) is 104 cm³/mol. The highest BCUT2D eigenvalue weighted by Gasteiger charge is 2.52. The molecule has 4 saturated heterocycles. The van der Waals surface area contributed by atoms with Crippen molar-refractivity contribution >= 4 is 0 Å². The molecule has 0 aromatic rings. The van der Waals surface area contributed by atoms with Crippen molar-refractivity contribution in [3.8, 4) is 0 Å². The lowest BCUT2D eigenvalue weighted by atomic mass is 10.0. The van der Waals surface area contributed by atoms with Crippen LogP contribution in [0.4, 0.5) is 0 Å². The van der Waals surface area contributed by atoms with Gasteiger partial charge in [-0.1, -0.05) is 25.7 Å². The summed E-state index contributed by atoms with van der Waals surface area (Å²) in [6.07, 6.45) is 16.9. The van der Waals surface area contributed by atoms with E-state index in [1.165, 1.54) is 129 Å². The van der Waals surface area contributed by atoms with Crippen molar-refractivity contribution < 1.29 is 0 Å². The monoisotopic (exact) mass is 348 g/mol. The maximum absolute atomic E-state index is 2.93. The summed E-state index contributed by atoms with van der Waals surface area (Å²) in [6, 6.07) is 0. The molecule has 4 aliphatic rings. The Morgan fingerprint density at radius 2 is 0.480 bits per heavy atom. The van der Waals surface area contributed by atoms with Crippen LogP contribution >= 0.6 is 0 Å². The Bertz CT molecular complexity index is 311. The van der Waals surface area contributed by atoms with E-state index >= 15 is 0 Å². The van der Waals surface area contributed by atoms with Gasteiger partial charge in [-0.3, -0.25) is 19.6 Å². The first kappa shape index (κ1) is 18.2. The topological polar surface area (TPSA) is 13.0 Å². The second-order valence-electron chi connectivity index (χ2n) is 8.79. The van der Waals surface area contributed by atoms with Crippen LogP contribution in [0.1, 0.15) is 77.0 Å². The van der Waals surface area contributed by atoms with Crippen molar-refractivity contribution in [1.29, 1.82) is 0 Å². The highest BCUT2D eigenvalue weighted by Crippen LogP contribution is 2.37. The molecule has 0 aliphatic carbocycles. The van der Waals surface area contributed by atoms with E-state index in [1.807, 2.05) is 0 Å². The zero-order valence-corrected chi connectivity index (χ0v) is 16.4. The van der Waals surface area contributed by atoms with Crippen LogP contribution in [0, 0.1) is 0 Å². The average Bonchev–Trinajstić information content (AvgIpc) is 2.72. The molecule has 0 aromatic carbocycles. The van der Waals surface area contributed by atoms with E-state index in [4.69, 9.17) is 0 Å². The Morgan fingerprint density at radius 1 is 0.280 bits per heavy atom. The van der Waals surface area contributed by atoms with Crippen LogP contribution < -0.4 is 0 Å². The molecule has 25 heavy (non-hydrogen) atoms. The van der Waals surface area contributed by atoms with Gasteiger partial charge in [0.1, 0.15) is 0 Å². The molecule has 0 spiro atoms. The van der Waals surface area contributed by atoms with Crippen molar-refractivity contribution in [3.63, 3.8) is 0 Å². The Kier molecular flexibility index (Phi) is 6.33. The van der Waals surface area contributed by atoms with Crippen molar-refractivity contribution in [2.45, 2.75) is 83.0 Å². The van der Waals surface area contributed by atoms with Crippen LogP contribution in [0.2, 0.25) is 0 Å². The molecule has 4 aliphatic heterocycles. The number of likely N-dealkylation sites (tertiary alicyclic amines) is 4. The molecule has 4 nitrogen and oxygen atoms in total. The Balaban J connectivity index is 1.70. The van der Waals surface area contributed by atoms with Gasteiger partial charge in [-0.25, -0.2) is 0 Å². The molecule has 4 fully saturated rings. The molecule has 0 saturated carbocycles. The van der Waals surface area contributed by atoms with Gasteiger partial charge in [0.05, 0.1) is 0 Å². The first-order chi connectivity index (χ1) is 12.4. The SMILES string of the molecule is C1CCN(C(N2CCCCC2)(N2CCCCC2)N2CCCCC2)CC1. The lowest BCUT2D eigenvalue weighted by Crippen LogP contribution is -2.79. The summed E-state index contributed by atoms with van der Waals surface area (Å²) in [5, 5.41) is 0. The minimum atomic E-state index is 0.113. The van der Waals surface area contributed by atoms with Crippen LogP contribution in [0.25, 0.3) is 0 Å². The lowest BCUT2D eigenvalue weighted by Gasteiger charge is -2.63. The molecule has 0 amide bonds. The second-order valence-corrected chi connectivity index (χ2v) is 8.79. The Morgan fingerprint density at radius 3 is 0.680 bits per heavy atom. The summed E-state index contributed by atoms with van der Waals surface area (Å²) in [5.41, 5.74) is 0. The van der Waals surface area contributed by atoms with E-state index in [0.717, 1.165) is 0 Å². The molecule has 0 atom stereocenters. The van der Waals surface area contributed by atoms with Gasteiger partial charge in [-0.05, 0) is 51.4 Å². The molecule has 4 heterocycles. The smallest absolute Gasteiger partial charge is 0.191 e. The van der Waals surface area contributed by atoms with E-state index in [-0.39, 0.29) is 5.91 Å². The van der Waals surface area contributed by atoms with Gasteiger partial charge in [0.15, 0.2) is 5.91 Å². The molecular weight excluding hydrogens is 308 g/mol. The Labute approximate surface area is 155 Å². The predicted octanol–water partition coefficient (Wildman–Crippen LogP) is 3.54. The van der Waals surface area contributed by atoms with Crippen molar-refractivity contribution in [1.82, 2.24) is 19.6 Å². The molecule has 4 rings (SSSR count). The quantitative estimate of drug-likeness (QED) is 0.770. The molecule has 0 radical (unpaired) electrons. The largest absolute Gasteiger partial charge is 0.260 e. The lowest BCUT2D eigenvalue weighted by molar-refractivity contribution is -0.275. The first-order valence-corrected chi connectivity index (χ1v) is 11.4. The van der Waals surface area contributed by atoms with Gasteiger partial charge < -0.3 is 0 Å². The number of piperidine rings is 4. The van der Waals surface area contributed by atoms with E-state index in [0.29, 0.717) is 0 Å². The summed E-state index contributed by atoms with van der Waals surface area (Å²) in [6.45, 7) is 10.5. The molecule has 0 aromatic heterocycles. The highest BCUT2D eigenvalue weighted by atomic mass is 15.7. The molecule has 4 heteroatoms. The second kappa shape index (κ2) is 8.69. The van der Waals surface area contributed by atoms with Crippen LogP contribution in [-0.2, 0) is 0 Å². The summed E-state index contributed by atoms with van der Waals surface area (Å²) in [7, 11) is 0. The van der Waals surface area contributed by atoms with Gasteiger partial charge in [0.25, 0.3) is 0 Å². The highest BCUT2D eigenvalue weighted by molar-refractivity contribution is 4.95. The van der Waals surface area contributed by atoms with Crippen molar-refractivity contribution in [2.24, 2.45) is 0 Å². The minimum Gasteiger partial charge on any atom is -0.260 e. The van der Waals surface area contributed by atoms with Crippen LogP contribution in [0.15, 0.2) is 0 Å². The molecule has 144 valence electrons. The number of hydrogen-bond acceptors (Lipinski definition) is 4. The summed E-state index contributed by atoms with van der Waals surface area (Å²) in [4.78, 5) is 11.7. The van der Waals surface area contributed by atoms with Gasteiger partial charge in [-0.15, -0.1) is 0 Å². The molecule has 0 unspecified atom stereocenters. The minimum absolute atomic E-state index is 0.113. The maximum atomic E-state index is 2.93. The fraction of sp³-hybridized carbons (Fsp3) is 1.00. The average molecular weight is 349 g/mol. The van der Waals surface area contributed by atoms with Gasteiger partial charge in [0, 0.05) is 52.4 Å². The van der Waals surface area contributed by atoms with Gasteiger partial charge in [-0.2, -0.15) is 0 Å². The van der Waals surface area contributed by atoms with Crippen molar-refractivity contribution in [2.75, 3.05) is 52.4 Å². The standard InChI is InChI=1S/C21H40N4/c1-5-13-22(14-6-1)21(23-15-7-2-8-16-23,24-17-9-3-10-18-24)25-19-11-4-12-20-25/h1-20H2. The number of hydrogen-bond donors (Lipinski definition) is 0. The van der Waals surface area contributed by atoms with Crippen molar-refractivity contribution in [3.05, 3.63) is 0 Å². The Hall–Kier alpha value is -0.160.